The summed E-state index contributed by atoms with van der Waals surface area (Å²) >= 11 is 0. The molecular weight excluding hydrogens is 272 g/mol. The molecule has 7 nitrogen and oxygen atoms in total. The van der Waals surface area contributed by atoms with Gasteiger partial charge in [0.15, 0.2) is 0 Å². The van der Waals surface area contributed by atoms with Gasteiger partial charge in [0.2, 0.25) is 0 Å². The van der Waals surface area contributed by atoms with Crippen LogP contribution in [0, 0.1) is 15.5 Å². The normalized spacial score (nSPS) is 16.4. The van der Waals surface area contributed by atoms with Gasteiger partial charge in [-0.15, -0.1) is 0 Å². The molecule has 0 radical (unpaired) electrons. The third-order valence-electron chi connectivity index (χ3n) is 4.22. The Balaban J connectivity index is 2.01. The van der Waals surface area contributed by atoms with Gasteiger partial charge in [0, 0.05) is 12.6 Å². The van der Waals surface area contributed by atoms with Crippen molar-refractivity contribution >= 4 is 22.3 Å². The molecule has 1 fully saturated rings. The molecule has 0 saturated heterocycles. The minimum atomic E-state index is -0.475. The Morgan fingerprint density at radius 2 is 2.24 bits per heavy atom. The molecule has 1 aromatic carbocycles. The molecule has 110 valence electrons. The number of benzene rings is 1. The summed E-state index contributed by atoms with van der Waals surface area (Å²) in [4.78, 5) is 28.9. The van der Waals surface area contributed by atoms with Crippen molar-refractivity contribution in [3.63, 3.8) is 0 Å². The molecule has 0 spiro atoms. The largest absolute Gasteiger partial charge is 0.379 e. The van der Waals surface area contributed by atoms with E-state index in [4.69, 9.17) is 0 Å². The Morgan fingerprint density at radius 3 is 2.86 bits per heavy atom. The maximum absolute atomic E-state index is 11.7. The fourth-order valence-corrected chi connectivity index (χ4v) is 2.66. The summed E-state index contributed by atoms with van der Waals surface area (Å²) in [7, 11) is 0. The first-order valence-electron chi connectivity index (χ1n) is 6.88. The van der Waals surface area contributed by atoms with E-state index in [9.17, 15) is 14.9 Å². The summed E-state index contributed by atoms with van der Waals surface area (Å²) in [6, 6.07) is 2.86. The number of nitrogens with one attached hydrogen (secondary N) is 2. The van der Waals surface area contributed by atoms with Gasteiger partial charge in [-0.05, 0) is 24.3 Å². The average Bonchev–Trinajstić information content (AvgIpc) is 2.42. The van der Waals surface area contributed by atoms with E-state index in [0.29, 0.717) is 17.7 Å². The zero-order chi connectivity index (χ0) is 15.0. The monoisotopic (exact) mass is 288 g/mol. The molecule has 1 heterocycles. The minimum absolute atomic E-state index is 0.0936. The highest BCUT2D eigenvalue weighted by Gasteiger charge is 2.32. The highest BCUT2D eigenvalue weighted by molar-refractivity contribution is 5.86. The number of fused-ring (bicyclic) bond motifs is 1. The molecule has 21 heavy (non-hydrogen) atoms. The average molecular weight is 288 g/mol. The first-order chi connectivity index (χ1) is 9.98. The first kappa shape index (κ1) is 13.5. The van der Waals surface area contributed by atoms with Crippen LogP contribution in [0.2, 0.25) is 0 Å². The van der Waals surface area contributed by atoms with Crippen molar-refractivity contribution in [3.8, 4) is 0 Å². The molecule has 0 atom stereocenters. The Kier molecular flexibility index (Phi) is 3.12. The number of H-pyrrole nitrogens is 1. The number of nitro groups is 1. The summed E-state index contributed by atoms with van der Waals surface area (Å²) in [5, 5.41) is 14.6. The highest BCUT2D eigenvalue weighted by atomic mass is 16.6. The van der Waals surface area contributed by atoms with E-state index in [1.165, 1.54) is 18.8 Å². The van der Waals surface area contributed by atoms with Gasteiger partial charge in [-0.25, -0.2) is 4.98 Å². The quantitative estimate of drug-likeness (QED) is 0.664. The van der Waals surface area contributed by atoms with Crippen molar-refractivity contribution in [2.75, 3.05) is 11.9 Å². The van der Waals surface area contributed by atoms with Crippen LogP contribution in [-0.4, -0.2) is 21.4 Å². The Hall–Kier alpha value is -2.44. The first-order valence-corrected chi connectivity index (χ1v) is 6.88. The number of rotatable bonds is 4. The zero-order valence-electron chi connectivity index (χ0n) is 11.7. The van der Waals surface area contributed by atoms with E-state index >= 15 is 0 Å². The van der Waals surface area contributed by atoms with Gasteiger partial charge in [0.05, 0.1) is 22.2 Å². The zero-order valence-corrected chi connectivity index (χ0v) is 11.7. The molecular formula is C14H16N4O3. The van der Waals surface area contributed by atoms with Crippen LogP contribution in [0.25, 0.3) is 10.9 Å². The van der Waals surface area contributed by atoms with E-state index in [2.05, 4.69) is 22.2 Å². The van der Waals surface area contributed by atoms with E-state index in [1.807, 2.05) is 0 Å². The van der Waals surface area contributed by atoms with Crippen molar-refractivity contribution in [1.82, 2.24) is 9.97 Å². The maximum Gasteiger partial charge on any atom is 0.293 e. The molecule has 1 saturated carbocycles. The van der Waals surface area contributed by atoms with Crippen LogP contribution in [0.15, 0.2) is 23.3 Å². The van der Waals surface area contributed by atoms with Crippen molar-refractivity contribution in [2.24, 2.45) is 5.41 Å². The molecule has 3 rings (SSSR count). The van der Waals surface area contributed by atoms with Crippen LogP contribution < -0.4 is 10.9 Å². The number of aromatic amines is 1. The molecule has 1 aliphatic carbocycles. The third kappa shape index (κ3) is 2.46. The molecule has 0 unspecified atom stereocenters. The molecule has 0 amide bonds. The van der Waals surface area contributed by atoms with Gasteiger partial charge >= 0.3 is 0 Å². The number of hydrogen-bond donors (Lipinski definition) is 2. The lowest BCUT2D eigenvalue weighted by Gasteiger charge is -2.38. The molecule has 2 N–H and O–H groups in total. The molecule has 0 bridgehead atoms. The van der Waals surface area contributed by atoms with Crippen LogP contribution >= 0.6 is 0 Å². The maximum atomic E-state index is 11.7. The van der Waals surface area contributed by atoms with Crippen LogP contribution in [0.5, 0.6) is 0 Å². The number of aromatic nitrogens is 2. The smallest absolute Gasteiger partial charge is 0.293 e. The van der Waals surface area contributed by atoms with Crippen molar-refractivity contribution in [3.05, 3.63) is 38.9 Å². The lowest BCUT2D eigenvalue weighted by Crippen LogP contribution is -2.33. The predicted octanol–water partition coefficient (Wildman–Crippen LogP) is 2.43. The van der Waals surface area contributed by atoms with Gasteiger partial charge in [-0.2, -0.15) is 0 Å². The van der Waals surface area contributed by atoms with Gasteiger partial charge in [0.1, 0.15) is 5.69 Å². The number of nitro benzene ring substituents is 1. The number of hydrogen-bond acceptors (Lipinski definition) is 5. The van der Waals surface area contributed by atoms with Gasteiger partial charge < -0.3 is 10.3 Å². The summed E-state index contributed by atoms with van der Waals surface area (Å²) in [6.07, 6.45) is 4.75. The molecule has 7 heteroatoms. The lowest BCUT2D eigenvalue weighted by molar-refractivity contribution is -0.383. The molecule has 0 aliphatic heterocycles. The van der Waals surface area contributed by atoms with Gasteiger partial charge in [0.25, 0.3) is 11.2 Å². The van der Waals surface area contributed by atoms with Crippen LogP contribution in [0.4, 0.5) is 11.4 Å². The Morgan fingerprint density at radius 1 is 1.48 bits per heavy atom. The summed E-state index contributed by atoms with van der Waals surface area (Å²) in [6.45, 7) is 2.85. The van der Waals surface area contributed by atoms with Crippen LogP contribution in [0.3, 0.4) is 0 Å². The standard InChI is InChI=1S/C14H16N4O3/c1-14(3-2-4-14)7-15-11-6-10-9(5-12(11)18(20)21)13(19)17-8-16-10/h5-6,8,15H,2-4,7H2,1H3,(H,16,17,19). The van der Waals surface area contributed by atoms with Crippen molar-refractivity contribution in [2.45, 2.75) is 26.2 Å². The molecule has 1 aliphatic rings. The van der Waals surface area contributed by atoms with E-state index in [0.717, 1.165) is 12.8 Å². The van der Waals surface area contributed by atoms with E-state index < -0.39 is 4.92 Å². The second kappa shape index (κ2) is 4.83. The second-order valence-electron chi connectivity index (χ2n) is 5.89. The second-order valence-corrected chi connectivity index (χ2v) is 5.89. The number of nitrogens with zero attached hydrogens (tertiary/aromatic N) is 2. The number of anilines is 1. The Labute approximate surface area is 120 Å². The minimum Gasteiger partial charge on any atom is -0.379 e. The van der Waals surface area contributed by atoms with Gasteiger partial charge in [-0.3, -0.25) is 14.9 Å². The van der Waals surface area contributed by atoms with E-state index in [-0.39, 0.29) is 22.0 Å². The lowest BCUT2D eigenvalue weighted by atomic mass is 9.70. The summed E-state index contributed by atoms with van der Waals surface area (Å²) in [5.41, 5.74) is 0.596. The SMILES string of the molecule is CC1(CNc2cc3nc[nH]c(=O)c3cc2[N+](=O)[O-])CCC1. The van der Waals surface area contributed by atoms with Crippen LogP contribution in [0.1, 0.15) is 26.2 Å². The molecule has 1 aromatic heterocycles. The molecule has 2 aromatic rings. The van der Waals surface area contributed by atoms with E-state index in [1.54, 1.807) is 6.07 Å². The fraction of sp³-hybridized carbons (Fsp3) is 0.429. The Bertz CT molecular complexity index is 764. The van der Waals surface area contributed by atoms with Crippen LogP contribution in [-0.2, 0) is 0 Å². The van der Waals surface area contributed by atoms with Gasteiger partial charge in [-0.1, -0.05) is 13.3 Å². The van der Waals surface area contributed by atoms with Crippen molar-refractivity contribution < 1.29 is 4.92 Å². The topological polar surface area (TPSA) is 101 Å². The fourth-order valence-electron chi connectivity index (χ4n) is 2.66. The summed E-state index contributed by atoms with van der Waals surface area (Å²) in [5.74, 6) is 0. The highest BCUT2D eigenvalue weighted by Crippen LogP contribution is 2.41. The predicted molar refractivity (Wildman–Crippen MR) is 79.5 cm³/mol. The third-order valence-corrected chi connectivity index (χ3v) is 4.22. The van der Waals surface area contributed by atoms with Crippen molar-refractivity contribution in [1.29, 1.82) is 0 Å². The summed E-state index contributed by atoms with van der Waals surface area (Å²) < 4.78 is 0.